The summed E-state index contributed by atoms with van der Waals surface area (Å²) in [4.78, 5) is 15.9. The van der Waals surface area contributed by atoms with Gasteiger partial charge in [0.15, 0.2) is 0 Å². The zero-order valence-corrected chi connectivity index (χ0v) is 11.1. The summed E-state index contributed by atoms with van der Waals surface area (Å²) in [5.74, 6) is 1.69. The highest BCUT2D eigenvalue weighted by atomic mass is 32.2. The molecular formula is C13H14N2O2S. The van der Waals surface area contributed by atoms with E-state index < -0.39 is 0 Å². The zero-order chi connectivity index (χ0) is 13.0. The topological polar surface area (TPSA) is 44.1 Å². The van der Waals surface area contributed by atoms with Gasteiger partial charge in [-0.1, -0.05) is 12.1 Å². The molecule has 0 radical (unpaired) electrons. The van der Waals surface area contributed by atoms with Crippen molar-refractivity contribution in [2.45, 2.75) is 10.6 Å². The maximum Gasteiger partial charge on any atom is 0.347 e. The minimum atomic E-state index is -0.233. The quantitative estimate of drug-likeness (QED) is 0.791. The Morgan fingerprint density at radius 3 is 2.67 bits per heavy atom. The molecule has 1 aromatic carbocycles. The van der Waals surface area contributed by atoms with E-state index in [-0.39, 0.29) is 5.69 Å². The molecule has 0 saturated heterocycles. The number of aromatic nitrogens is 2. The second kappa shape index (κ2) is 5.73. The molecule has 0 N–H and O–H groups in total. The van der Waals surface area contributed by atoms with E-state index in [1.54, 1.807) is 38.3 Å². The molecule has 18 heavy (non-hydrogen) atoms. The van der Waals surface area contributed by atoms with E-state index in [0.717, 1.165) is 16.4 Å². The van der Waals surface area contributed by atoms with Crippen molar-refractivity contribution in [1.29, 1.82) is 0 Å². The van der Waals surface area contributed by atoms with Crippen LogP contribution in [0.15, 0.2) is 46.3 Å². The molecule has 5 heteroatoms. The second-order valence-electron chi connectivity index (χ2n) is 3.82. The van der Waals surface area contributed by atoms with Crippen LogP contribution in [-0.2, 0) is 12.8 Å². The van der Waals surface area contributed by atoms with E-state index in [9.17, 15) is 4.79 Å². The third-order valence-corrected chi connectivity index (χ3v) is 3.51. The molecule has 4 nitrogen and oxygen atoms in total. The maximum absolute atomic E-state index is 11.1. The highest BCUT2D eigenvalue weighted by molar-refractivity contribution is 7.98. The highest BCUT2D eigenvalue weighted by Crippen LogP contribution is 2.22. The van der Waals surface area contributed by atoms with E-state index in [2.05, 4.69) is 4.98 Å². The molecule has 0 aliphatic carbocycles. The Balaban J connectivity index is 2.01. The van der Waals surface area contributed by atoms with Gasteiger partial charge in [-0.3, -0.25) is 0 Å². The summed E-state index contributed by atoms with van der Waals surface area (Å²) in [6.45, 7) is 0. The molecule has 0 aliphatic rings. The fourth-order valence-corrected chi connectivity index (χ4v) is 2.34. The van der Waals surface area contributed by atoms with Crippen molar-refractivity contribution < 1.29 is 4.74 Å². The van der Waals surface area contributed by atoms with E-state index in [0.29, 0.717) is 0 Å². The number of benzene rings is 1. The van der Waals surface area contributed by atoms with E-state index in [1.807, 2.05) is 24.3 Å². The van der Waals surface area contributed by atoms with Gasteiger partial charge in [0.2, 0.25) is 0 Å². The Kier molecular flexibility index (Phi) is 4.04. The summed E-state index contributed by atoms with van der Waals surface area (Å²) in [5, 5.41) is 0. The molecule has 0 spiro atoms. The van der Waals surface area contributed by atoms with Crippen LogP contribution in [0, 0.1) is 0 Å². The Morgan fingerprint density at radius 1 is 1.33 bits per heavy atom. The van der Waals surface area contributed by atoms with Crippen molar-refractivity contribution in [3.63, 3.8) is 0 Å². The van der Waals surface area contributed by atoms with Crippen molar-refractivity contribution in [3.8, 4) is 5.75 Å². The van der Waals surface area contributed by atoms with Crippen LogP contribution in [0.3, 0.4) is 0 Å². The Hall–Kier alpha value is -1.75. The number of hydrogen-bond donors (Lipinski definition) is 0. The van der Waals surface area contributed by atoms with Crippen LogP contribution in [0.4, 0.5) is 0 Å². The Morgan fingerprint density at radius 2 is 2.06 bits per heavy atom. The van der Waals surface area contributed by atoms with Gasteiger partial charge < -0.3 is 9.30 Å². The molecule has 1 aromatic heterocycles. The number of nitrogens with zero attached hydrogens (tertiary/aromatic N) is 2. The predicted molar refractivity (Wildman–Crippen MR) is 72.0 cm³/mol. The molecule has 94 valence electrons. The fraction of sp³-hybridized carbons (Fsp3) is 0.231. The van der Waals surface area contributed by atoms with Crippen LogP contribution in [0.5, 0.6) is 5.75 Å². The summed E-state index contributed by atoms with van der Waals surface area (Å²) >= 11 is 1.65. The van der Waals surface area contributed by atoms with Crippen molar-refractivity contribution in [3.05, 3.63) is 52.7 Å². The number of ether oxygens (including phenoxy) is 1. The van der Waals surface area contributed by atoms with Gasteiger partial charge in [-0.2, -0.15) is 0 Å². The maximum atomic E-state index is 11.1. The van der Waals surface area contributed by atoms with Crippen molar-refractivity contribution in [2.75, 3.05) is 7.11 Å². The van der Waals surface area contributed by atoms with Gasteiger partial charge in [0.25, 0.3) is 0 Å². The molecule has 0 saturated carbocycles. The minimum Gasteiger partial charge on any atom is -0.497 e. The van der Waals surface area contributed by atoms with Crippen LogP contribution in [0.25, 0.3) is 0 Å². The van der Waals surface area contributed by atoms with Crippen molar-refractivity contribution in [1.82, 2.24) is 9.55 Å². The standard InChI is InChI=1S/C13H14N2O2S/c1-15-8-12(7-14-13(15)16)18-9-10-3-5-11(17-2)6-4-10/h3-8H,9H2,1-2H3. The first kappa shape index (κ1) is 12.7. The van der Waals surface area contributed by atoms with Crippen LogP contribution < -0.4 is 10.4 Å². The number of rotatable bonds is 4. The van der Waals surface area contributed by atoms with Crippen molar-refractivity contribution >= 4 is 11.8 Å². The average molecular weight is 262 g/mol. The number of thioether (sulfide) groups is 1. The molecule has 2 aromatic rings. The second-order valence-corrected chi connectivity index (χ2v) is 4.87. The lowest BCUT2D eigenvalue weighted by Crippen LogP contribution is -2.18. The van der Waals surface area contributed by atoms with E-state index >= 15 is 0 Å². The number of hydrogen-bond acceptors (Lipinski definition) is 4. The molecule has 0 atom stereocenters. The summed E-state index contributed by atoms with van der Waals surface area (Å²) < 4.78 is 6.59. The van der Waals surface area contributed by atoms with Gasteiger partial charge in [-0.25, -0.2) is 9.78 Å². The van der Waals surface area contributed by atoms with Gasteiger partial charge >= 0.3 is 5.69 Å². The summed E-state index contributed by atoms with van der Waals surface area (Å²) in [6, 6.07) is 7.94. The molecule has 0 unspecified atom stereocenters. The third kappa shape index (κ3) is 3.13. The SMILES string of the molecule is COc1ccc(CSc2cnc(=O)n(C)c2)cc1. The Bertz CT molecular complexity index is 578. The van der Waals surface area contributed by atoms with Crippen LogP contribution in [0.1, 0.15) is 5.56 Å². The molecule has 0 bridgehead atoms. The monoisotopic (exact) mass is 262 g/mol. The molecular weight excluding hydrogens is 248 g/mol. The average Bonchev–Trinajstić information content (AvgIpc) is 2.41. The van der Waals surface area contributed by atoms with Gasteiger partial charge in [0.05, 0.1) is 7.11 Å². The summed E-state index contributed by atoms with van der Waals surface area (Å²) in [7, 11) is 3.35. The third-order valence-electron chi connectivity index (χ3n) is 2.49. The van der Waals surface area contributed by atoms with Crippen molar-refractivity contribution in [2.24, 2.45) is 7.05 Å². The predicted octanol–water partition coefficient (Wildman–Crippen LogP) is 2.08. The van der Waals surface area contributed by atoms with E-state index in [4.69, 9.17) is 4.74 Å². The first-order valence-corrected chi connectivity index (χ1v) is 6.46. The zero-order valence-electron chi connectivity index (χ0n) is 10.3. The smallest absolute Gasteiger partial charge is 0.347 e. The normalized spacial score (nSPS) is 10.3. The summed E-state index contributed by atoms with van der Waals surface area (Å²) in [5.41, 5.74) is 0.971. The molecule has 0 fully saturated rings. The largest absolute Gasteiger partial charge is 0.497 e. The minimum absolute atomic E-state index is 0.233. The molecule has 0 aliphatic heterocycles. The first-order chi connectivity index (χ1) is 8.69. The lowest BCUT2D eigenvalue weighted by Gasteiger charge is -2.04. The van der Waals surface area contributed by atoms with Crippen LogP contribution in [-0.4, -0.2) is 16.7 Å². The van der Waals surface area contributed by atoms with Gasteiger partial charge in [0.1, 0.15) is 5.75 Å². The van der Waals surface area contributed by atoms with Gasteiger partial charge in [-0.05, 0) is 17.7 Å². The molecule has 0 amide bonds. The van der Waals surface area contributed by atoms with Gasteiger partial charge in [0, 0.05) is 30.1 Å². The lowest BCUT2D eigenvalue weighted by molar-refractivity contribution is 0.414. The number of aryl methyl sites for hydroxylation is 1. The van der Waals surface area contributed by atoms with E-state index in [1.165, 1.54) is 10.1 Å². The first-order valence-electron chi connectivity index (χ1n) is 5.47. The Labute approximate surface area is 110 Å². The van der Waals surface area contributed by atoms with Gasteiger partial charge in [-0.15, -0.1) is 11.8 Å². The van der Waals surface area contributed by atoms with Crippen LogP contribution in [0.2, 0.25) is 0 Å². The number of methoxy groups -OCH3 is 1. The highest BCUT2D eigenvalue weighted by Gasteiger charge is 1.99. The lowest BCUT2D eigenvalue weighted by atomic mass is 10.2. The summed E-state index contributed by atoms with van der Waals surface area (Å²) in [6.07, 6.45) is 3.40. The molecule has 2 rings (SSSR count). The molecule has 1 heterocycles. The van der Waals surface area contributed by atoms with Crippen LogP contribution >= 0.6 is 11.8 Å². The fourth-order valence-electron chi connectivity index (χ4n) is 1.45.